The Kier molecular flexibility index (Phi) is 5.81. The molecule has 0 radical (unpaired) electrons. The van der Waals surface area contributed by atoms with Gasteiger partial charge in [0.2, 0.25) is 5.91 Å². The second-order valence-corrected chi connectivity index (χ2v) is 6.46. The first-order valence-corrected chi connectivity index (χ1v) is 8.72. The van der Waals surface area contributed by atoms with Crippen LogP contribution in [0.2, 0.25) is 5.02 Å². The van der Waals surface area contributed by atoms with E-state index in [1.165, 1.54) is 42.3 Å². The smallest absolute Gasteiger partial charge is 0.254 e. The van der Waals surface area contributed by atoms with Crippen LogP contribution in [0.1, 0.15) is 16.8 Å². The number of benzene rings is 2. The molecule has 6 nitrogen and oxygen atoms in total. The number of nitrogens with zero attached hydrogens (tertiary/aromatic N) is 1. The molecule has 142 valence electrons. The maximum absolute atomic E-state index is 12.9. The molecule has 0 spiro atoms. The highest BCUT2D eigenvalue weighted by Crippen LogP contribution is 2.38. The van der Waals surface area contributed by atoms with Crippen molar-refractivity contribution in [3.8, 4) is 11.5 Å². The number of fused-ring (bicyclic) bond motifs is 1. The van der Waals surface area contributed by atoms with Gasteiger partial charge in [-0.15, -0.1) is 0 Å². The number of amides is 2. The number of halogens is 2. The van der Waals surface area contributed by atoms with E-state index in [2.05, 4.69) is 5.32 Å². The fraction of sp³-hybridized carbons (Fsp3) is 0.263. The van der Waals surface area contributed by atoms with E-state index in [1.807, 2.05) is 0 Å². The van der Waals surface area contributed by atoms with Gasteiger partial charge in [-0.3, -0.25) is 9.59 Å². The van der Waals surface area contributed by atoms with Crippen molar-refractivity contribution in [2.75, 3.05) is 32.1 Å². The Morgan fingerprint density at radius 3 is 2.63 bits per heavy atom. The summed E-state index contributed by atoms with van der Waals surface area (Å²) in [6.07, 6.45) is 0.720. The van der Waals surface area contributed by atoms with Gasteiger partial charge in [0, 0.05) is 24.7 Å². The van der Waals surface area contributed by atoms with Gasteiger partial charge in [-0.05, 0) is 36.4 Å². The lowest BCUT2D eigenvalue weighted by atomic mass is 10.1. The van der Waals surface area contributed by atoms with Crippen molar-refractivity contribution in [2.24, 2.45) is 0 Å². The van der Waals surface area contributed by atoms with Gasteiger partial charge in [0.25, 0.3) is 5.91 Å². The number of nitrogens with one attached hydrogen (secondary N) is 1. The molecule has 3 rings (SSSR count). The van der Waals surface area contributed by atoms with Crippen molar-refractivity contribution in [3.63, 3.8) is 0 Å². The Balaban J connectivity index is 1.68. The summed E-state index contributed by atoms with van der Waals surface area (Å²) in [5.74, 6) is -0.360. The summed E-state index contributed by atoms with van der Waals surface area (Å²) >= 11 is 6.21. The van der Waals surface area contributed by atoms with Crippen molar-refractivity contribution < 1.29 is 23.5 Å². The number of likely N-dealkylation sites (N-methyl/N-ethyl adjacent to an activating group) is 1. The van der Waals surface area contributed by atoms with Gasteiger partial charge in [0.1, 0.15) is 5.82 Å². The summed E-state index contributed by atoms with van der Waals surface area (Å²) in [6.45, 7) is 0.780. The van der Waals surface area contributed by atoms with Crippen LogP contribution in [0.15, 0.2) is 36.4 Å². The number of carbonyl (C=O) groups excluding carboxylic acids is 2. The van der Waals surface area contributed by atoms with Crippen LogP contribution in [-0.4, -0.2) is 43.5 Å². The van der Waals surface area contributed by atoms with E-state index in [9.17, 15) is 14.0 Å². The average molecular weight is 393 g/mol. The summed E-state index contributed by atoms with van der Waals surface area (Å²) in [5.41, 5.74) is 0.738. The molecule has 0 fully saturated rings. The summed E-state index contributed by atoms with van der Waals surface area (Å²) in [6, 6.07) is 8.42. The minimum atomic E-state index is -0.405. The van der Waals surface area contributed by atoms with E-state index in [0.717, 1.165) is 6.42 Å². The third kappa shape index (κ3) is 4.68. The average Bonchev–Trinajstić information content (AvgIpc) is 2.88. The Labute approximate surface area is 160 Å². The number of anilines is 1. The van der Waals surface area contributed by atoms with Gasteiger partial charge in [-0.25, -0.2) is 4.39 Å². The SMILES string of the molecule is CN(CC(=O)Nc1ccc(F)cc1)C(=O)c1cc(Cl)c2c(c1)OCCCO2. The van der Waals surface area contributed by atoms with Crippen LogP contribution in [-0.2, 0) is 4.79 Å². The van der Waals surface area contributed by atoms with E-state index in [-0.39, 0.29) is 17.5 Å². The molecule has 0 aromatic heterocycles. The van der Waals surface area contributed by atoms with Crippen LogP contribution in [0.25, 0.3) is 0 Å². The van der Waals surface area contributed by atoms with E-state index in [0.29, 0.717) is 36.0 Å². The number of rotatable bonds is 4. The third-order valence-corrected chi connectivity index (χ3v) is 4.19. The molecule has 0 atom stereocenters. The Morgan fingerprint density at radius 2 is 1.89 bits per heavy atom. The van der Waals surface area contributed by atoms with Crippen molar-refractivity contribution >= 4 is 29.1 Å². The van der Waals surface area contributed by atoms with Crippen LogP contribution in [0.3, 0.4) is 0 Å². The monoisotopic (exact) mass is 392 g/mol. The van der Waals surface area contributed by atoms with Crippen LogP contribution >= 0.6 is 11.6 Å². The molecule has 0 bridgehead atoms. The van der Waals surface area contributed by atoms with E-state index in [4.69, 9.17) is 21.1 Å². The lowest BCUT2D eigenvalue weighted by molar-refractivity contribution is -0.116. The molecule has 2 aromatic rings. The molecule has 8 heteroatoms. The zero-order valence-corrected chi connectivity index (χ0v) is 15.4. The molecule has 0 aliphatic carbocycles. The molecular weight excluding hydrogens is 375 g/mol. The maximum Gasteiger partial charge on any atom is 0.254 e. The maximum atomic E-state index is 12.9. The van der Waals surface area contributed by atoms with Gasteiger partial charge in [-0.1, -0.05) is 11.6 Å². The number of carbonyl (C=O) groups is 2. The van der Waals surface area contributed by atoms with Crippen molar-refractivity contribution in [2.45, 2.75) is 6.42 Å². The van der Waals surface area contributed by atoms with Gasteiger partial charge in [-0.2, -0.15) is 0 Å². The van der Waals surface area contributed by atoms with E-state index < -0.39 is 11.7 Å². The molecule has 2 aromatic carbocycles. The van der Waals surface area contributed by atoms with Crippen molar-refractivity contribution in [1.29, 1.82) is 0 Å². The largest absolute Gasteiger partial charge is 0.489 e. The molecule has 2 amide bonds. The van der Waals surface area contributed by atoms with E-state index >= 15 is 0 Å². The Bertz CT molecular complexity index is 858. The van der Waals surface area contributed by atoms with Crippen LogP contribution in [0.4, 0.5) is 10.1 Å². The number of hydrogen-bond donors (Lipinski definition) is 1. The minimum Gasteiger partial charge on any atom is -0.489 e. The van der Waals surface area contributed by atoms with Crippen LogP contribution in [0.5, 0.6) is 11.5 Å². The lowest BCUT2D eigenvalue weighted by Gasteiger charge is -2.18. The van der Waals surface area contributed by atoms with Gasteiger partial charge >= 0.3 is 0 Å². The lowest BCUT2D eigenvalue weighted by Crippen LogP contribution is -2.35. The topological polar surface area (TPSA) is 67.9 Å². The number of hydrogen-bond acceptors (Lipinski definition) is 4. The molecule has 0 saturated heterocycles. The second kappa shape index (κ2) is 8.26. The Morgan fingerprint density at radius 1 is 1.19 bits per heavy atom. The molecule has 1 aliphatic rings. The summed E-state index contributed by atoms with van der Waals surface area (Å²) < 4.78 is 24.0. The summed E-state index contributed by atoms with van der Waals surface area (Å²) in [7, 11) is 1.50. The fourth-order valence-corrected chi connectivity index (χ4v) is 2.86. The predicted molar refractivity (Wildman–Crippen MR) is 99.0 cm³/mol. The molecular formula is C19H18ClFN2O4. The highest BCUT2D eigenvalue weighted by molar-refractivity contribution is 6.32. The molecule has 1 N–H and O–H groups in total. The number of ether oxygens (including phenoxy) is 2. The van der Waals surface area contributed by atoms with Gasteiger partial charge < -0.3 is 19.7 Å². The first-order chi connectivity index (χ1) is 12.9. The zero-order valence-electron chi connectivity index (χ0n) is 14.6. The molecule has 0 saturated carbocycles. The van der Waals surface area contributed by atoms with E-state index in [1.54, 1.807) is 6.07 Å². The normalized spacial score (nSPS) is 12.9. The molecule has 1 aliphatic heterocycles. The highest BCUT2D eigenvalue weighted by Gasteiger charge is 2.21. The van der Waals surface area contributed by atoms with Gasteiger partial charge in [0.05, 0.1) is 24.8 Å². The van der Waals surface area contributed by atoms with Gasteiger partial charge in [0.15, 0.2) is 11.5 Å². The third-order valence-electron chi connectivity index (χ3n) is 3.90. The first kappa shape index (κ1) is 19.0. The molecule has 0 unspecified atom stereocenters. The molecule has 1 heterocycles. The minimum absolute atomic E-state index is 0.178. The van der Waals surface area contributed by atoms with Crippen LogP contribution in [0, 0.1) is 5.82 Å². The Hall–Kier alpha value is -2.80. The summed E-state index contributed by atoms with van der Waals surface area (Å²) in [4.78, 5) is 26.0. The summed E-state index contributed by atoms with van der Waals surface area (Å²) in [5, 5.41) is 2.89. The fourth-order valence-electron chi connectivity index (χ4n) is 2.60. The van der Waals surface area contributed by atoms with Crippen LogP contribution < -0.4 is 14.8 Å². The quantitative estimate of drug-likeness (QED) is 0.866. The first-order valence-electron chi connectivity index (χ1n) is 8.34. The molecule has 27 heavy (non-hydrogen) atoms. The highest BCUT2D eigenvalue weighted by atomic mass is 35.5. The standard InChI is InChI=1S/C19H18ClFN2O4/c1-23(11-17(24)22-14-5-3-13(21)4-6-14)19(25)12-9-15(20)18-16(10-12)26-7-2-8-27-18/h3-6,9-10H,2,7-8,11H2,1H3,(H,22,24). The van der Waals surface area contributed by atoms with Crippen molar-refractivity contribution in [1.82, 2.24) is 4.90 Å². The zero-order chi connectivity index (χ0) is 19.4. The second-order valence-electron chi connectivity index (χ2n) is 6.05. The predicted octanol–water partition coefficient (Wildman–Crippen LogP) is 3.35. The van der Waals surface area contributed by atoms with Crippen molar-refractivity contribution in [3.05, 3.63) is 52.8 Å².